The average Bonchev–Trinajstić information content (AvgIpc) is 3.16. The summed E-state index contributed by atoms with van der Waals surface area (Å²) >= 11 is 0. The maximum absolute atomic E-state index is 13.2. The van der Waals surface area contributed by atoms with Crippen molar-refractivity contribution in [2.24, 2.45) is 0 Å². The fourth-order valence-corrected chi connectivity index (χ4v) is 4.14. The van der Waals surface area contributed by atoms with Crippen molar-refractivity contribution in [2.45, 2.75) is 46.1 Å². The summed E-state index contributed by atoms with van der Waals surface area (Å²) in [7, 11) is 1.53. The van der Waals surface area contributed by atoms with E-state index in [-0.39, 0.29) is 24.5 Å². The summed E-state index contributed by atoms with van der Waals surface area (Å²) in [6.45, 7) is 7.96. The molecule has 1 aliphatic heterocycles. The van der Waals surface area contributed by atoms with E-state index in [9.17, 15) is 14.7 Å². The zero-order chi connectivity index (χ0) is 26.8. The van der Waals surface area contributed by atoms with Crippen LogP contribution in [0.3, 0.4) is 0 Å². The molecule has 1 N–H and O–H groups in total. The zero-order valence-corrected chi connectivity index (χ0v) is 22.1. The minimum Gasteiger partial charge on any atom is -0.507 e. The number of Topliss-reactive ketones (excluding diaryl/α,β-unsaturated/α-hetero) is 1. The first-order valence-corrected chi connectivity index (χ1v) is 12.9. The van der Waals surface area contributed by atoms with E-state index in [4.69, 9.17) is 18.9 Å². The molecule has 0 spiro atoms. The number of nitrogens with zero attached hydrogens (tertiary/aromatic N) is 1. The number of ketones is 1. The van der Waals surface area contributed by atoms with Gasteiger partial charge in [0.15, 0.2) is 11.5 Å². The van der Waals surface area contributed by atoms with Gasteiger partial charge in [0.2, 0.25) is 0 Å². The molecular formula is C29H37NO7. The van der Waals surface area contributed by atoms with E-state index >= 15 is 0 Å². The van der Waals surface area contributed by atoms with Crippen LogP contribution in [0, 0.1) is 0 Å². The van der Waals surface area contributed by atoms with Crippen molar-refractivity contribution in [3.05, 3.63) is 59.2 Å². The van der Waals surface area contributed by atoms with E-state index in [1.54, 1.807) is 42.5 Å². The molecule has 1 unspecified atom stereocenters. The number of hydrogen-bond donors (Lipinski definition) is 1. The van der Waals surface area contributed by atoms with Crippen molar-refractivity contribution in [3.63, 3.8) is 0 Å². The van der Waals surface area contributed by atoms with Gasteiger partial charge in [-0.05, 0) is 61.7 Å². The van der Waals surface area contributed by atoms with Crippen LogP contribution in [0.15, 0.2) is 48.0 Å². The van der Waals surface area contributed by atoms with Crippen LogP contribution in [-0.2, 0) is 14.3 Å². The van der Waals surface area contributed by atoms with Gasteiger partial charge < -0.3 is 29.0 Å². The third-order valence-corrected chi connectivity index (χ3v) is 6.02. The molecule has 1 amide bonds. The molecule has 1 atom stereocenters. The van der Waals surface area contributed by atoms with Gasteiger partial charge in [0.05, 0.1) is 38.0 Å². The standard InChI is InChI=1S/C29H37NO7/c1-5-8-17-37-23-14-11-21(19-24(23)35-7-3)26-25(28(32)29(33)30(26)15-18-34-4)27(31)20-9-12-22(13-10-20)36-16-6-2/h9-14,19,26,31H,5-8,15-18H2,1-4H3/b27-25+. The number of carbonyl (C=O) groups excluding carboxylic acids is 2. The Bertz CT molecular complexity index is 1090. The second kappa shape index (κ2) is 13.7. The van der Waals surface area contributed by atoms with Crippen molar-refractivity contribution < 1.29 is 33.6 Å². The molecule has 1 fully saturated rings. The molecule has 200 valence electrons. The second-order valence-electron chi connectivity index (χ2n) is 8.70. The van der Waals surface area contributed by atoms with Crippen LogP contribution in [0.4, 0.5) is 0 Å². The van der Waals surface area contributed by atoms with Crippen LogP contribution in [0.1, 0.15) is 57.2 Å². The molecule has 1 heterocycles. The van der Waals surface area contributed by atoms with Crippen LogP contribution in [-0.4, -0.2) is 61.8 Å². The van der Waals surface area contributed by atoms with Gasteiger partial charge in [-0.3, -0.25) is 9.59 Å². The van der Waals surface area contributed by atoms with E-state index in [0.29, 0.717) is 48.2 Å². The van der Waals surface area contributed by atoms with Crippen LogP contribution < -0.4 is 14.2 Å². The normalized spacial score (nSPS) is 16.8. The first kappa shape index (κ1) is 28.1. The van der Waals surface area contributed by atoms with Gasteiger partial charge >= 0.3 is 0 Å². The number of carbonyl (C=O) groups is 2. The van der Waals surface area contributed by atoms with Gasteiger partial charge in [0, 0.05) is 19.2 Å². The van der Waals surface area contributed by atoms with E-state index < -0.39 is 17.7 Å². The first-order valence-electron chi connectivity index (χ1n) is 12.9. The van der Waals surface area contributed by atoms with Gasteiger partial charge in [-0.15, -0.1) is 0 Å². The monoisotopic (exact) mass is 511 g/mol. The Hall–Kier alpha value is -3.52. The van der Waals surface area contributed by atoms with Gasteiger partial charge in [0.25, 0.3) is 11.7 Å². The summed E-state index contributed by atoms with van der Waals surface area (Å²) in [5.74, 6) is 0.0994. The molecule has 0 radical (unpaired) electrons. The summed E-state index contributed by atoms with van der Waals surface area (Å²) in [4.78, 5) is 27.7. The number of amides is 1. The summed E-state index contributed by atoms with van der Waals surface area (Å²) in [5, 5.41) is 11.3. The highest BCUT2D eigenvalue weighted by Gasteiger charge is 2.46. The summed E-state index contributed by atoms with van der Waals surface area (Å²) in [6.07, 6.45) is 2.79. The smallest absolute Gasteiger partial charge is 0.295 e. The van der Waals surface area contributed by atoms with Crippen LogP contribution >= 0.6 is 0 Å². The molecule has 2 aromatic rings. The Morgan fingerprint density at radius 1 is 0.892 bits per heavy atom. The fourth-order valence-electron chi connectivity index (χ4n) is 4.14. The van der Waals surface area contributed by atoms with Crippen LogP contribution in [0.2, 0.25) is 0 Å². The molecule has 1 saturated heterocycles. The Kier molecular flexibility index (Phi) is 10.4. The quantitative estimate of drug-likeness (QED) is 0.163. The maximum atomic E-state index is 13.2. The molecule has 37 heavy (non-hydrogen) atoms. The SMILES string of the molecule is CCCCOc1ccc(C2/C(=C(\O)c3ccc(OCCC)cc3)C(=O)C(=O)N2CCOC)cc1OCC. The predicted octanol–water partition coefficient (Wildman–Crippen LogP) is 5.12. The lowest BCUT2D eigenvalue weighted by molar-refractivity contribution is -0.140. The van der Waals surface area contributed by atoms with E-state index in [2.05, 4.69) is 6.92 Å². The fraction of sp³-hybridized carbons (Fsp3) is 0.448. The molecule has 8 nitrogen and oxygen atoms in total. The van der Waals surface area contributed by atoms with Crippen LogP contribution in [0.25, 0.3) is 5.76 Å². The summed E-state index contributed by atoms with van der Waals surface area (Å²) in [5.41, 5.74) is 1.07. The summed E-state index contributed by atoms with van der Waals surface area (Å²) < 4.78 is 22.5. The van der Waals surface area contributed by atoms with Crippen molar-refractivity contribution in [2.75, 3.05) is 40.1 Å². The molecule has 2 aromatic carbocycles. The Morgan fingerprint density at radius 3 is 2.30 bits per heavy atom. The van der Waals surface area contributed by atoms with E-state index in [1.165, 1.54) is 12.0 Å². The topological polar surface area (TPSA) is 94.5 Å². The zero-order valence-electron chi connectivity index (χ0n) is 22.1. The number of rotatable bonds is 14. The van der Waals surface area contributed by atoms with Gasteiger partial charge in [-0.2, -0.15) is 0 Å². The minimum absolute atomic E-state index is 0.0189. The number of ether oxygens (including phenoxy) is 4. The highest BCUT2D eigenvalue weighted by atomic mass is 16.5. The molecule has 0 aromatic heterocycles. The van der Waals surface area contributed by atoms with E-state index in [1.807, 2.05) is 13.8 Å². The highest BCUT2D eigenvalue weighted by molar-refractivity contribution is 6.46. The number of unbranched alkanes of at least 4 members (excludes halogenated alkanes) is 1. The van der Waals surface area contributed by atoms with Crippen molar-refractivity contribution >= 4 is 17.4 Å². The Morgan fingerprint density at radius 2 is 1.65 bits per heavy atom. The number of aliphatic hydroxyl groups is 1. The molecule has 0 bridgehead atoms. The second-order valence-corrected chi connectivity index (χ2v) is 8.70. The average molecular weight is 512 g/mol. The maximum Gasteiger partial charge on any atom is 0.295 e. The lowest BCUT2D eigenvalue weighted by Crippen LogP contribution is -2.32. The van der Waals surface area contributed by atoms with Crippen molar-refractivity contribution in [1.82, 2.24) is 4.90 Å². The van der Waals surface area contributed by atoms with E-state index in [0.717, 1.165) is 19.3 Å². The minimum atomic E-state index is -0.810. The lowest BCUT2D eigenvalue weighted by Gasteiger charge is -2.26. The number of hydrogen-bond acceptors (Lipinski definition) is 7. The molecule has 0 aliphatic carbocycles. The van der Waals surface area contributed by atoms with Gasteiger partial charge in [-0.25, -0.2) is 0 Å². The molecule has 3 rings (SSSR count). The molecule has 8 heteroatoms. The van der Waals surface area contributed by atoms with Crippen molar-refractivity contribution in [3.8, 4) is 17.2 Å². The molecule has 0 saturated carbocycles. The molecule has 1 aliphatic rings. The highest BCUT2D eigenvalue weighted by Crippen LogP contribution is 2.42. The largest absolute Gasteiger partial charge is 0.507 e. The Balaban J connectivity index is 2.07. The van der Waals surface area contributed by atoms with Crippen LogP contribution in [0.5, 0.6) is 17.2 Å². The van der Waals surface area contributed by atoms with Gasteiger partial charge in [-0.1, -0.05) is 26.3 Å². The predicted molar refractivity (Wildman–Crippen MR) is 141 cm³/mol. The Labute approximate surface area is 218 Å². The number of benzene rings is 2. The lowest BCUT2D eigenvalue weighted by atomic mass is 9.95. The number of methoxy groups -OCH3 is 1. The summed E-state index contributed by atoms with van der Waals surface area (Å²) in [6, 6.07) is 11.4. The van der Waals surface area contributed by atoms with Gasteiger partial charge in [0.1, 0.15) is 11.5 Å². The third-order valence-electron chi connectivity index (χ3n) is 6.02. The number of likely N-dealkylation sites (tertiary alicyclic amines) is 1. The number of aliphatic hydroxyl groups excluding tert-OH is 1. The van der Waals surface area contributed by atoms with Crippen molar-refractivity contribution in [1.29, 1.82) is 0 Å². The third kappa shape index (κ3) is 6.63. The molecular weight excluding hydrogens is 474 g/mol. The first-order chi connectivity index (χ1) is 18.0.